The smallest absolute Gasteiger partial charge is 0.196 e. The Labute approximate surface area is 133 Å². The van der Waals surface area contributed by atoms with E-state index in [9.17, 15) is 4.79 Å². The molecule has 1 aliphatic rings. The van der Waals surface area contributed by atoms with Crippen molar-refractivity contribution in [2.24, 2.45) is 4.99 Å². The molecule has 7 heteroatoms. The second-order valence-corrected chi connectivity index (χ2v) is 4.73. The Kier molecular flexibility index (Phi) is 5.47. The first-order valence-corrected chi connectivity index (χ1v) is 7.04. The third kappa shape index (κ3) is 3.81. The van der Waals surface area contributed by atoms with E-state index in [2.05, 4.69) is 15.6 Å². The van der Waals surface area contributed by atoms with Gasteiger partial charge in [-0.25, -0.2) is 4.79 Å². The SMILES string of the molecule is CCOC1=CNC(=C=O)NC1=NCc1ccc(OC)c(Cl)c1. The number of halogens is 1. The van der Waals surface area contributed by atoms with Crippen molar-refractivity contribution in [2.45, 2.75) is 13.5 Å². The molecule has 0 aliphatic carbocycles. The molecule has 0 saturated carbocycles. The van der Waals surface area contributed by atoms with E-state index >= 15 is 0 Å². The van der Waals surface area contributed by atoms with E-state index in [4.69, 9.17) is 21.1 Å². The van der Waals surface area contributed by atoms with E-state index in [1.165, 1.54) is 0 Å². The van der Waals surface area contributed by atoms with E-state index in [1.807, 2.05) is 13.0 Å². The summed E-state index contributed by atoms with van der Waals surface area (Å²) >= 11 is 6.08. The number of methoxy groups -OCH3 is 1. The van der Waals surface area contributed by atoms with Crippen LogP contribution in [0.15, 0.2) is 41.0 Å². The first kappa shape index (κ1) is 15.9. The van der Waals surface area contributed by atoms with Gasteiger partial charge < -0.3 is 20.1 Å². The van der Waals surface area contributed by atoms with Gasteiger partial charge in [0, 0.05) is 6.20 Å². The van der Waals surface area contributed by atoms with Crippen molar-refractivity contribution in [1.29, 1.82) is 0 Å². The number of hydrogen-bond donors (Lipinski definition) is 2. The van der Waals surface area contributed by atoms with Gasteiger partial charge in [-0.15, -0.1) is 0 Å². The van der Waals surface area contributed by atoms with E-state index in [1.54, 1.807) is 31.4 Å². The third-order valence-corrected chi connectivity index (χ3v) is 3.16. The molecule has 0 fully saturated rings. The van der Waals surface area contributed by atoms with E-state index in [0.29, 0.717) is 35.5 Å². The highest BCUT2D eigenvalue weighted by atomic mass is 35.5. The normalized spacial score (nSPS) is 15.5. The summed E-state index contributed by atoms with van der Waals surface area (Å²) in [6.45, 7) is 2.73. The third-order valence-electron chi connectivity index (χ3n) is 2.86. The number of amidine groups is 1. The van der Waals surface area contributed by atoms with Crippen LogP contribution in [0.4, 0.5) is 0 Å². The van der Waals surface area contributed by atoms with Crippen LogP contribution in [0.5, 0.6) is 5.75 Å². The fraction of sp³-hybridized carbons (Fsp3) is 0.267. The summed E-state index contributed by atoms with van der Waals surface area (Å²) in [4.78, 5) is 15.1. The predicted octanol–water partition coefficient (Wildman–Crippen LogP) is 1.99. The number of hydrogen-bond acceptors (Lipinski definition) is 5. The molecule has 1 aromatic rings. The standard InChI is InChI=1S/C15H16ClN3O3/c1-3-22-13-8-17-14(9-20)19-15(13)18-7-10-4-5-12(21-2)11(16)6-10/h4-6,8,17H,3,7H2,1-2H3,(H,18,19). The molecule has 0 saturated heterocycles. The Bertz CT molecular complexity index is 664. The topological polar surface area (TPSA) is 72.0 Å². The first-order chi connectivity index (χ1) is 10.7. The van der Waals surface area contributed by atoms with Gasteiger partial charge in [0.25, 0.3) is 0 Å². The average molecular weight is 322 g/mol. The highest BCUT2D eigenvalue weighted by Gasteiger charge is 2.16. The molecule has 0 atom stereocenters. The zero-order valence-electron chi connectivity index (χ0n) is 12.3. The van der Waals surface area contributed by atoms with Crippen LogP contribution in [-0.4, -0.2) is 25.5 Å². The van der Waals surface area contributed by atoms with Crippen molar-refractivity contribution in [3.05, 3.63) is 46.6 Å². The summed E-state index contributed by atoms with van der Waals surface area (Å²) in [7, 11) is 1.56. The van der Waals surface area contributed by atoms with Crippen LogP contribution in [0, 0.1) is 0 Å². The molecule has 0 aromatic heterocycles. The van der Waals surface area contributed by atoms with Crippen LogP contribution in [0.25, 0.3) is 0 Å². The second-order valence-electron chi connectivity index (χ2n) is 4.32. The molecule has 0 unspecified atom stereocenters. The van der Waals surface area contributed by atoms with Gasteiger partial charge in [0.2, 0.25) is 0 Å². The van der Waals surface area contributed by atoms with Gasteiger partial charge in [0.05, 0.1) is 25.3 Å². The maximum atomic E-state index is 10.7. The Hall–Kier alpha value is -2.43. The molecule has 1 aliphatic heterocycles. The van der Waals surface area contributed by atoms with Crippen molar-refractivity contribution < 1.29 is 14.3 Å². The molecule has 2 rings (SSSR count). The van der Waals surface area contributed by atoms with E-state index < -0.39 is 0 Å². The van der Waals surface area contributed by atoms with Crippen LogP contribution in [0.2, 0.25) is 5.02 Å². The molecular formula is C15H16ClN3O3. The van der Waals surface area contributed by atoms with Gasteiger partial charge in [-0.05, 0) is 24.6 Å². The molecule has 116 valence electrons. The van der Waals surface area contributed by atoms with Crippen molar-refractivity contribution in [1.82, 2.24) is 10.6 Å². The summed E-state index contributed by atoms with van der Waals surface area (Å²) in [5, 5.41) is 6.08. The number of carbonyl (C=O) groups excluding carboxylic acids is 1. The molecule has 1 aromatic carbocycles. The quantitative estimate of drug-likeness (QED) is 0.812. The van der Waals surface area contributed by atoms with Crippen LogP contribution in [0.3, 0.4) is 0 Å². The highest BCUT2D eigenvalue weighted by Crippen LogP contribution is 2.25. The van der Waals surface area contributed by atoms with Gasteiger partial charge in [-0.3, -0.25) is 4.99 Å². The predicted molar refractivity (Wildman–Crippen MR) is 84.3 cm³/mol. The summed E-state index contributed by atoms with van der Waals surface area (Å²) in [5.74, 6) is 3.54. The van der Waals surface area contributed by atoms with Crippen molar-refractivity contribution in [2.75, 3.05) is 13.7 Å². The molecule has 1 heterocycles. The number of benzene rings is 1. The number of aliphatic imine (C=N–C) groups is 1. The lowest BCUT2D eigenvalue weighted by Gasteiger charge is -2.19. The minimum Gasteiger partial charge on any atom is -0.495 e. The van der Waals surface area contributed by atoms with Crippen molar-refractivity contribution in [3.8, 4) is 5.75 Å². The first-order valence-electron chi connectivity index (χ1n) is 6.66. The summed E-state index contributed by atoms with van der Waals surface area (Å²) in [5.41, 5.74) is 0.908. The average Bonchev–Trinajstić information content (AvgIpc) is 2.54. The van der Waals surface area contributed by atoms with Crippen molar-refractivity contribution in [3.63, 3.8) is 0 Å². The largest absolute Gasteiger partial charge is 0.495 e. The Morgan fingerprint density at radius 3 is 2.86 bits per heavy atom. The van der Waals surface area contributed by atoms with Gasteiger partial charge >= 0.3 is 0 Å². The van der Waals surface area contributed by atoms with E-state index in [-0.39, 0.29) is 5.82 Å². The Balaban J connectivity index is 2.19. The molecular weight excluding hydrogens is 306 g/mol. The monoisotopic (exact) mass is 321 g/mol. The molecule has 0 amide bonds. The summed E-state index contributed by atoms with van der Waals surface area (Å²) in [6.07, 6.45) is 1.57. The highest BCUT2D eigenvalue weighted by molar-refractivity contribution is 6.32. The van der Waals surface area contributed by atoms with Crippen LogP contribution in [0.1, 0.15) is 12.5 Å². The fourth-order valence-corrected chi connectivity index (χ4v) is 2.12. The van der Waals surface area contributed by atoms with Gasteiger partial charge in [-0.1, -0.05) is 17.7 Å². The minimum absolute atomic E-state index is 0.190. The number of nitrogens with zero attached hydrogens (tertiary/aromatic N) is 1. The van der Waals surface area contributed by atoms with Gasteiger partial charge in [0.15, 0.2) is 23.4 Å². The second kappa shape index (κ2) is 7.54. The summed E-state index contributed by atoms with van der Waals surface area (Å²) < 4.78 is 10.6. The summed E-state index contributed by atoms with van der Waals surface area (Å²) in [6, 6.07) is 5.44. The molecule has 0 spiro atoms. The molecule has 22 heavy (non-hydrogen) atoms. The Morgan fingerprint density at radius 1 is 1.41 bits per heavy atom. The molecule has 0 radical (unpaired) electrons. The lowest BCUT2D eigenvalue weighted by atomic mass is 10.2. The number of nitrogens with one attached hydrogen (secondary N) is 2. The molecule has 2 N–H and O–H groups in total. The van der Waals surface area contributed by atoms with Gasteiger partial charge in [0.1, 0.15) is 5.75 Å². The van der Waals surface area contributed by atoms with Crippen LogP contribution < -0.4 is 15.4 Å². The maximum absolute atomic E-state index is 10.7. The zero-order valence-corrected chi connectivity index (χ0v) is 13.0. The lowest BCUT2D eigenvalue weighted by Crippen LogP contribution is -2.37. The number of ether oxygens (including phenoxy) is 2. The van der Waals surface area contributed by atoms with Crippen LogP contribution in [-0.2, 0) is 16.1 Å². The Morgan fingerprint density at radius 2 is 2.23 bits per heavy atom. The zero-order chi connectivity index (χ0) is 15.9. The van der Waals surface area contributed by atoms with Crippen LogP contribution >= 0.6 is 11.6 Å². The molecule has 6 nitrogen and oxygen atoms in total. The minimum atomic E-state index is 0.190. The van der Waals surface area contributed by atoms with Crippen molar-refractivity contribution >= 4 is 23.4 Å². The van der Waals surface area contributed by atoms with E-state index in [0.717, 1.165) is 5.56 Å². The maximum Gasteiger partial charge on any atom is 0.196 e. The molecule has 0 bridgehead atoms. The lowest BCUT2D eigenvalue weighted by molar-refractivity contribution is 0.244. The fourth-order valence-electron chi connectivity index (χ4n) is 1.84. The number of rotatable bonds is 5. The van der Waals surface area contributed by atoms with Gasteiger partial charge in [-0.2, -0.15) is 0 Å².